The predicted octanol–water partition coefficient (Wildman–Crippen LogP) is 1.86. The van der Waals surface area contributed by atoms with E-state index in [1.165, 1.54) is 0 Å². The zero-order chi connectivity index (χ0) is 13.2. The Morgan fingerprint density at radius 3 is 3.00 bits per heavy atom. The first-order valence-corrected chi connectivity index (χ1v) is 6.00. The van der Waals surface area contributed by atoms with E-state index in [0.29, 0.717) is 6.54 Å². The van der Waals surface area contributed by atoms with Crippen LogP contribution in [0, 0.1) is 0 Å². The van der Waals surface area contributed by atoms with Crippen LogP contribution >= 0.6 is 0 Å². The summed E-state index contributed by atoms with van der Waals surface area (Å²) in [6, 6.07) is 9.63. The molecular formula is C14H14N4O. The van der Waals surface area contributed by atoms with E-state index in [1.807, 2.05) is 40.9 Å². The number of ether oxygens (including phenoxy) is 1. The second-order valence-electron chi connectivity index (χ2n) is 4.13. The third-order valence-corrected chi connectivity index (χ3v) is 3.00. The number of fused-ring (bicyclic) bond motifs is 1. The highest BCUT2D eigenvalue weighted by Gasteiger charge is 2.12. The molecule has 0 aliphatic carbocycles. The number of nitrogens with two attached hydrogens (primary N) is 1. The number of rotatable bonds is 3. The summed E-state index contributed by atoms with van der Waals surface area (Å²) in [7, 11) is 1.65. The highest BCUT2D eigenvalue weighted by atomic mass is 16.5. The summed E-state index contributed by atoms with van der Waals surface area (Å²) in [5.41, 5.74) is 8.32. The minimum atomic E-state index is 0.372. The molecule has 2 N–H and O–H groups in total. The van der Waals surface area contributed by atoms with Gasteiger partial charge in [-0.25, -0.2) is 9.97 Å². The number of benzene rings is 1. The van der Waals surface area contributed by atoms with Gasteiger partial charge in [0, 0.05) is 18.0 Å². The van der Waals surface area contributed by atoms with Gasteiger partial charge in [-0.2, -0.15) is 0 Å². The predicted molar refractivity (Wildman–Crippen MR) is 72.9 cm³/mol. The van der Waals surface area contributed by atoms with Crippen molar-refractivity contribution in [2.45, 2.75) is 6.54 Å². The lowest BCUT2D eigenvalue weighted by Crippen LogP contribution is -2.02. The van der Waals surface area contributed by atoms with Crippen molar-refractivity contribution in [3.63, 3.8) is 0 Å². The molecule has 0 radical (unpaired) electrons. The third-order valence-electron chi connectivity index (χ3n) is 3.00. The lowest BCUT2D eigenvalue weighted by atomic mass is 10.1. The van der Waals surface area contributed by atoms with Gasteiger partial charge >= 0.3 is 0 Å². The average molecular weight is 254 g/mol. The van der Waals surface area contributed by atoms with Crippen LogP contribution in [0.1, 0.15) is 5.82 Å². The van der Waals surface area contributed by atoms with E-state index in [2.05, 4.69) is 9.97 Å². The molecule has 0 bridgehead atoms. The Kier molecular flexibility index (Phi) is 2.89. The van der Waals surface area contributed by atoms with E-state index in [9.17, 15) is 0 Å². The first-order valence-electron chi connectivity index (χ1n) is 6.00. The summed E-state index contributed by atoms with van der Waals surface area (Å²) >= 11 is 0. The lowest BCUT2D eigenvalue weighted by Gasteiger charge is -2.02. The number of nitrogens with zero attached hydrogens (tertiary/aromatic N) is 3. The number of methoxy groups -OCH3 is 1. The normalized spacial score (nSPS) is 10.8. The lowest BCUT2D eigenvalue weighted by molar-refractivity contribution is 0.415. The molecule has 0 atom stereocenters. The summed E-state index contributed by atoms with van der Waals surface area (Å²) in [5.74, 6) is 1.59. The summed E-state index contributed by atoms with van der Waals surface area (Å²) in [6.45, 7) is 0.372. The first-order chi connectivity index (χ1) is 9.33. The van der Waals surface area contributed by atoms with E-state index < -0.39 is 0 Å². The van der Waals surface area contributed by atoms with Crippen LogP contribution < -0.4 is 10.5 Å². The summed E-state index contributed by atoms with van der Waals surface area (Å²) in [4.78, 5) is 8.96. The largest absolute Gasteiger partial charge is 0.497 e. The van der Waals surface area contributed by atoms with Gasteiger partial charge in [0.25, 0.3) is 0 Å². The number of aromatic nitrogens is 3. The van der Waals surface area contributed by atoms with Gasteiger partial charge in [-0.1, -0.05) is 12.1 Å². The maximum Gasteiger partial charge on any atom is 0.164 e. The molecule has 0 saturated carbocycles. The van der Waals surface area contributed by atoms with Crippen molar-refractivity contribution in [2.75, 3.05) is 7.11 Å². The summed E-state index contributed by atoms with van der Waals surface area (Å²) in [5, 5.41) is 0. The van der Waals surface area contributed by atoms with Crippen LogP contribution in [0.2, 0.25) is 0 Å². The second-order valence-corrected chi connectivity index (χ2v) is 4.13. The molecule has 0 spiro atoms. The van der Waals surface area contributed by atoms with Gasteiger partial charge in [0.05, 0.1) is 13.7 Å². The fraction of sp³-hybridized carbons (Fsp3) is 0.143. The molecule has 0 amide bonds. The minimum absolute atomic E-state index is 0.372. The highest BCUT2D eigenvalue weighted by Crippen LogP contribution is 2.26. The smallest absolute Gasteiger partial charge is 0.164 e. The molecule has 2 heterocycles. The van der Waals surface area contributed by atoms with Gasteiger partial charge < -0.3 is 10.5 Å². The van der Waals surface area contributed by atoms with Crippen LogP contribution in [0.25, 0.3) is 16.9 Å². The zero-order valence-electron chi connectivity index (χ0n) is 10.6. The molecule has 19 heavy (non-hydrogen) atoms. The Morgan fingerprint density at radius 2 is 2.21 bits per heavy atom. The SMILES string of the molecule is COc1cccc(-c2nc(CN)n3cccnc23)c1. The van der Waals surface area contributed by atoms with Gasteiger partial charge in [0.2, 0.25) is 0 Å². The molecule has 2 aromatic heterocycles. The van der Waals surface area contributed by atoms with Gasteiger partial charge in [0.1, 0.15) is 17.3 Å². The van der Waals surface area contributed by atoms with E-state index in [1.54, 1.807) is 13.3 Å². The zero-order valence-corrected chi connectivity index (χ0v) is 10.6. The topological polar surface area (TPSA) is 65.4 Å². The fourth-order valence-corrected chi connectivity index (χ4v) is 2.10. The molecule has 96 valence electrons. The Morgan fingerprint density at radius 1 is 1.32 bits per heavy atom. The van der Waals surface area contributed by atoms with E-state index >= 15 is 0 Å². The van der Waals surface area contributed by atoms with Crippen LogP contribution in [0.3, 0.4) is 0 Å². The van der Waals surface area contributed by atoms with Crippen molar-refractivity contribution in [3.8, 4) is 17.0 Å². The number of hydrogen-bond donors (Lipinski definition) is 1. The van der Waals surface area contributed by atoms with Crippen molar-refractivity contribution < 1.29 is 4.74 Å². The summed E-state index contributed by atoms with van der Waals surface area (Å²) in [6.07, 6.45) is 3.67. The fourth-order valence-electron chi connectivity index (χ4n) is 2.10. The second kappa shape index (κ2) is 4.70. The Bertz CT molecular complexity index is 720. The van der Waals surface area contributed by atoms with Gasteiger partial charge in [-0.3, -0.25) is 4.40 Å². The monoisotopic (exact) mass is 254 g/mol. The van der Waals surface area contributed by atoms with Crippen molar-refractivity contribution in [1.82, 2.24) is 14.4 Å². The molecule has 3 aromatic rings. The number of hydrogen-bond acceptors (Lipinski definition) is 4. The standard InChI is InChI=1S/C14H14N4O/c1-19-11-5-2-4-10(8-11)13-14-16-6-3-7-18(14)12(9-15)17-13/h2-8H,9,15H2,1H3. The molecule has 5 heteroatoms. The van der Waals surface area contributed by atoms with Crippen molar-refractivity contribution in [2.24, 2.45) is 5.73 Å². The van der Waals surface area contributed by atoms with Gasteiger partial charge in [-0.15, -0.1) is 0 Å². The van der Waals surface area contributed by atoms with Crippen molar-refractivity contribution >= 4 is 5.65 Å². The van der Waals surface area contributed by atoms with Crippen LogP contribution in [0.15, 0.2) is 42.7 Å². The molecule has 0 saturated heterocycles. The summed E-state index contributed by atoms with van der Waals surface area (Å²) < 4.78 is 7.15. The quantitative estimate of drug-likeness (QED) is 0.774. The van der Waals surface area contributed by atoms with Crippen molar-refractivity contribution in [1.29, 1.82) is 0 Å². The van der Waals surface area contributed by atoms with E-state index in [4.69, 9.17) is 10.5 Å². The van der Waals surface area contributed by atoms with Crippen LogP contribution in [0.5, 0.6) is 5.75 Å². The molecular weight excluding hydrogens is 240 g/mol. The van der Waals surface area contributed by atoms with E-state index in [0.717, 1.165) is 28.5 Å². The maximum atomic E-state index is 5.73. The molecule has 1 aromatic carbocycles. The Hall–Kier alpha value is -2.40. The average Bonchev–Trinajstić information content (AvgIpc) is 2.86. The first kappa shape index (κ1) is 11.7. The minimum Gasteiger partial charge on any atom is -0.497 e. The molecule has 0 fully saturated rings. The maximum absolute atomic E-state index is 5.73. The van der Waals surface area contributed by atoms with Gasteiger partial charge in [-0.05, 0) is 18.2 Å². The van der Waals surface area contributed by atoms with Crippen LogP contribution in [-0.2, 0) is 6.54 Å². The van der Waals surface area contributed by atoms with Crippen LogP contribution in [-0.4, -0.2) is 21.5 Å². The van der Waals surface area contributed by atoms with Crippen LogP contribution in [0.4, 0.5) is 0 Å². The van der Waals surface area contributed by atoms with Crippen molar-refractivity contribution in [3.05, 3.63) is 48.5 Å². The molecule has 0 aliphatic rings. The Labute approximate surface area is 110 Å². The number of imidazole rings is 1. The highest BCUT2D eigenvalue weighted by molar-refractivity contribution is 5.75. The molecule has 5 nitrogen and oxygen atoms in total. The van der Waals surface area contributed by atoms with E-state index in [-0.39, 0.29) is 0 Å². The Balaban J connectivity index is 2.24. The third kappa shape index (κ3) is 1.94. The molecule has 0 aliphatic heterocycles. The molecule has 0 unspecified atom stereocenters. The molecule has 3 rings (SSSR count). The van der Waals surface area contributed by atoms with Gasteiger partial charge in [0.15, 0.2) is 5.65 Å².